The van der Waals surface area contributed by atoms with Gasteiger partial charge in [-0.15, -0.1) is 0 Å². The van der Waals surface area contributed by atoms with Crippen molar-refractivity contribution in [1.29, 1.82) is 0 Å². The van der Waals surface area contributed by atoms with Gasteiger partial charge in [-0.2, -0.15) is 0 Å². The summed E-state index contributed by atoms with van der Waals surface area (Å²) >= 11 is 0. The van der Waals surface area contributed by atoms with Crippen LogP contribution in [0.5, 0.6) is 0 Å². The van der Waals surface area contributed by atoms with Gasteiger partial charge in [0.15, 0.2) is 0 Å². The Labute approximate surface area is 93.5 Å². The fourth-order valence-electron chi connectivity index (χ4n) is 1.36. The lowest BCUT2D eigenvalue weighted by Crippen LogP contribution is -2.02. The van der Waals surface area contributed by atoms with Gasteiger partial charge in [-0.05, 0) is 19.1 Å². The molecule has 1 aromatic carbocycles. The number of hydrogen-bond donors (Lipinski definition) is 3. The monoisotopic (exact) mass is 215 g/mol. The number of benzene rings is 1. The number of nitrogens with two attached hydrogens (primary N) is 2. The van der Waals surface area contributed by atoms with Crippen LogP contribution in [0.3, 0.4) is 0 Å². The predicted octanol–water partition coefficient (Wildman–Crippen LogP) is 1.69. The van der Waals surface area contributed by atoms with E-state index in [0.717, 1.165) is 17.1 Å². The second-order valence-corrected chi connectivity index (χ2v) is 3.44. The normalized spacial score (nSPS) is 10.1. The Balaban J connectivity index is 2.31. The first-order valence-corrected chi connectivity index (χ1v) is 4.87. The largest absolute Gasteiger partial charge is 0.397 e. The van der Waals surface area contributed by atoms with E-state index >= 15 is 0 Å². The summed E-state index contributed by atoms with van der Waals surface area (Å²) in [4.78, 5) is 7.99. The molecule has 0 atom stereocenters. The Hall–Kier alpha value is -2.30. The first-order valence-electron chi connectivity index (χ1n) is 4.87. The minimum absolute atomic E-state index is 0.268. The average Bonchev–Trinajstić information content (AvgIpc) is 2.25. The molecule has 0 bridgehead atoms. The zero-order valence-electron chi connectivity index (χ0n) is 8.94. The molecule has 2 aromatic rings. The first kappa shape index (κ1) is 10.2. The fraction of sp³-hybridized carbons (Fsp3) is 0.0909. The van der Waals surface area contributed by atoms with Crippen LogP contribution in [0.25, 0.3) is 0 Å². The molecule has 0 aliphatic heterocycles. The van der Waals surface area contributed by atoms with E-state index in [9.17, 15) is 0 Å². The van der Waals surface area contributed by atoms with E-state index in [0.29, 0.717) is 5.69 Å². The van der Waals surface area contributed by atoms with Crippen LogP contribution in [-0.4, -0.2) is 9.97 Å². The minimum atomic E-state index is 0.268. The van der Waals surface area contributed by atoms with E-state index in [2.05, 4.69) is 15.3 Å². The highest BCUT2D eigenvalue weighted by Crippen LogP contribution is 2.23. The summed E-state index contributed by atoms with van der Waals surface area (Å²) in [5.74, 6) is 0.268. The second kappa shape index (κ2) is 4.06. The molecule has 0 saturated heterocycles. The van der Waals surface area contributed by atoms with Crippen LogP contribution in [0.15, 0.2) is 30.5 Å². The quantitative estimate of drug-likeness (QED) is 0.663. The molecule has 82 valence electrons. The van der Waals surface area contributed by atoms with Crippen LogP contribution in [0.4, 0.5) is 23.0 Å². The SMILES string of the molecule is Cc1nc(N)ncc1Nc1ccccc1N. The molecule has 0 amide bonds. The highest BCUT2D eigenvalue weighted by molar-refractivity contribution is 5.72. The third kappa shape index (κ3) is 2.03. The summed E-state index contributed by atoms with van der Waals surface area (Å²) in [5.41, 5.74) is 14.4. The van der Waals surface area contributed by atoms with E-state index in [1.54, 1.807) is 6.20 Å². The number of para-hydroxylation sites is 2. The summed E-state index contributed by atoms with van der Waals surface area (Å²) in [5, 5.41) is 3.16. The Kier molecular flexibility index (Phi) is 2.59. The van der Waals surface area contributed by atoms with Crippen molar-refractivity contribution in [3.63, 3.8) is 0 Å². The Bertz CT molecular complexity index is 509. The maximum absolute atomic E-state index is 5.82. The molecule has 16 heavy (non-hydrogen) atoms. The van der Waals surface area contributed by atoms with Crippen LogP contribution < -0.4 is 16.8 Å². The molecule has 1 aromatic heterocycles. The van der Waals surface area contributed by atoms with Crippen molar-refractivity contribution in [1.82, 2.24) is 9.97 Å². The van der Waals surface area contributed by atoms with Crippen molar-refractivity contribution < 1.29 is 0 Å². The molecule has 2 rings (SSSR count). The number of rotatable bonds is 2. The van der Waals surface area contributed by atoms with Crippen molar-refractivity contribution in [3.8, 4) is 0 Å². The van der Waals surface area contributed by atoms with Gasteiger partial charge in [0.25, 0.3) is 0 Å². The fourth-order valence-corrected chi connectivity index (χ4v) is 1.36. The predicted molar refractivity (Wildman–Crippen MR) is 65.3 cm³/mol. The molecule has 5 nitrogen and oxygen atoms in total. The Morgan fingerprint density at radius 3 is 2.56 bits per heavy atom. The van der Waals surface area contributed by atoms with Gasteiger partial charge in [0.05, 0.1) is 29.0 Å². The third-order valence-electron chi connectivity index (χ3n) is 2.23. The minimum Gasteiger partial charge on any atom is -0.397 e. The lowest BCUT2D eigenvalue weighted by Gasteiger charge is -2.10. The molecule has 0 aliphatic rings. The van der Waals surface area contributed by atoms with Gasteiger partial charge in [-0.3, -0.25) is 0 Å². The molecule has 0 spiro atoms. The van der Waals surface area contributed by atoms with Crippen molar-refractivity contribution >= 4 is 23.0 Å². The topological polar surface area (TPSA) is 89.8 Å². The van der Waals surface area contributed by atoms with Crippen LogP contribution >= 0.6 is 0 Å². The number of aromatic nitrogens is 2. The van der Waals surface area contributed by atoms with Gasteiger partial charge in [0, 0.05) is 0 Å². The molecule has 0 aliphatic carbocycles. The summed E-state index contributed by atoms with van der Waals surface area (Å²) in [6.07, 6.45) is 1.64. The van der Waals surface area contributed by atoms with Gasteiger partial charge < -0.3 is 16.8 Å². The van der Waals surface area contributed by atoms with Crippen LogP contribution in [0, 0.1) is 6.92 Å². The van der Waals surface area contributed by atoms with Crippen LogP contribution in [0.1, 0.15) is 5.69 Å². The van der Waals surface area contributed by atoms with E-state index in [4.69, 9.17) is 11.5 Å². The molecule has 0 fully saturated rings. The van der Waals surface area contributed by atoms with Gasteiger partial charge >= 0.3 is 0 Å². The molecule has 5 N–H and O–H groups in total. The van der Waals surface area contributed by atoms with Gasteiger partial charge in [0.2, 0.25) is 5.95 Å². The summed E-state index contributed by atoms with van der Waals surface area (Å²) in [6, 6.07) is 7.51. The lowest BCUT2D eigenvalue weighted by molar-refractivity contribution is 1.12. The number of nitrogen functional groups attached to an aromatic ring is 2. The number of aryl methyl sites for hydroxylation is 1. The van der Waals surface area contributed by atoms with Gasteiger partial charge in [-0.1, -0.05) is 12.1 Å². The maximum atomic E-state index is 5.82. The van der Waals surface area contributed by atoms with E-state index in [1.807, 2.05) is 31.2 Å². The molecular weight excluding hydrogens is 202 g/mol. The van der Waals surface area contributed by atoms with E-state index in [1.165, 1.54) is 0 Å². The second-order valence-electron chi connectivity index (χ2n) is 3.44. The van der Waals surface area contributed by atoms with E-state index < -0.39 is 0 Å². The number of nitrogens with one attached hydrogen (secondary N) is 1. The van der Waals surface area contributed by atoms with Crippen LogP contribution in [0.2, 0.25) is 0 Å². The Morgan fingerprint density at radius 1 is 1.12 bits per heavy atom. The number of anilines is 4. The molecule has 0 radical (unpaired) electrons. The number of hydrogen-bond acceptors (Lipinski definition) is 5. The van der Waals surface area contributed by atoms with E-state index in [-0.39, 0.29) is 5.95 Å². The van der Waals surface area contributed by atoms with Crippen LogP contribution in [-0.2, 0) is 0 Å². The Morgan fingerprint density at radius 2 is 1.88 bits per heavy atom. The molecule has 1 heterocycles. The average molecular weight is 215 g/mol. The van der Waals surface area contributed by atoms with Crippen molar-refractivity contribution in [2.45, 2.75) is 6.92 Å². The van der Waals surface area contributed by atoms with Gasteiger partial charge in [0.1, 0.15) is 0 Å². The smallest absolute Gasteiger partial charge is 0.220 e. The molecule has 5 heteroatoms. The highest BCUT2D eigenvalue weighted by Gasteiger charge is 2.03. The van der Waals surface area contributed by atoms with Crippen molar-refractivity contribution in [3.05, 3.63) is 36.2 Å². The summed E-state index contributed by atoms with van der Waals surface area (Å²) < 4.78 is 0. The standard InChI is InChI=1S/C11H13N5/c1-7-10(6-14-11(13)15-7)16-9-5-3-2-4-8(9)12/h2-6,16H,12H2,1H3,(H2,13,14,15). The molecule has 0 unspecified atom stereocenters. The highest BCUT2D eigenvalue weighted by atomic mass is 15.0. The summed E-state index contributed by atoms with van der Waals surface area (Å²) in [7, 11) is 0. The maximum Gasteiger partial charge on any atom is 0.220 e. The number of nitrogens with zero attached hydrogens (tertiary/aromatic N) is 2. The molecule has 0 saturated carbocycles. The van der Waals surface area contributed by atoms with Crippen molar-refractivity contribution in [2.24, 2.45) is 0 Å². The third-order valence-corrected chi connectivity index (χ3v) is 2.23. The molecular formula is C11H13N5. The van der Waals surface area contributed by atoms with Gasteiger partial charge in [-0.25, -0.2) is 9.97 Å². The van der Waals surface area contributed by atoms with Crippen molar-refractivity contribution in [2.75, 3.05) is 16.8 Å². The zero-order chi connectivity index (χ0) is 11.5. The summed E-state index contributed by atoms with van der Waals surface area (Å²) in [6.45, 7) is 1.86. The first-order chi connectivity index (χ1) is 7.66. The lowest BCUT2D eigenvalue weighted by atomic mass is 10.2. The zero-order valence-corrected chi connectivity index (χ0v) is 8.94.